The molecule has 7 heteroatoms. The molecule has 166 valence electrons. The van der Waals surface area contributed by atoms with Gasteiger partial charge in [0.2, 0.25) is 0 Å². The molecule has 0 aliphatic carbocycles. The highest BCUT2D eigenvalue weighted by atomic mass is 16.5. The van der Waals surface area contributed by atoms with Crippen LogP contribution in [0.2, 0.25) is 0 Å². The summed E-state index contributed by atoms with van der Waals surface area (Å²) in [6.45, 7) is 1.81. The molecule has 0 unspecified atom stereocenters. The molecule has 0 saturated carbocycles. The highest BCUT2D eigenvalue weighted by molar-refractivity contribution is 6.09. The van der Waals surface area contributed by atoms with Gasteiger partial charge in [-0.15, -0.1) is 0 Å². The van der Waals surface area contributed by atoms with Crippen LogP contribution >= 0.6 is 0 Å². The zero-order valence-electron chi connectivity index (χ0n) is 18.1. The van der Waals surface area contributed by atoms with Crippen LogP contribution in [0.25, 0.3) is 10.8 Å². The van der Waals surface area contributed by atoms with Crippen LogP contribution in [0.5, 0.6) is 5.75 Å². The Morgan fingerprint density at radius 1 is 1.06 bits per heavy atom. The molecule has 0 spiro atoms. The average molecular weight is 434 g/mol. The number of amides is 3. The van der Waals surface area contributed by atoms with Gasteiger partial charge < -0.3 is 19.9 Å². The molecule has 1 aliphatic heterocycles. The van der Waals surface area contributed by atoms with Gasteiger partial charge in [-0.05, 0) is 41.0 Å². The van der Waals surface area contributed by atoms with Crippen molar-refractivity contribution < 1.29 is 24.2 Å². The highest BCUT2D eigenvalue weighted by Gasteiger charge is 2.49. The van der Waals surface area contributed by atoms with Crippen LogP contribution in [0.15, 0.2) is 66.7 Å². The molecule has 2 atom stereocenters. The SMILES string of the molecule is COc1cccc(COC[C@@H](O)CN2C(=O)N[C@@](C)(c3cccc4ccccc34)C2=O)c1. The monoisotopic (exact) mass is 434 g/mol. The molecule has 3 amide bonds. The second-order valence-electron chi connectivity index (χ2n) is 8.02. The number of methoxy groups -OCH3 is 1. The Morgan fingerprint density at radius 2 is 1.81 bits per heavy atom. The lowest BCUT2D eigenvalue weighted by Gasteiger charge is -2.24. The molecule has 1 saturated heterocycles. The lowest BCUT2D eigenvalue weighted by Crippen LogP contribution is -2.42. The summed E-state index contributed by atoms with van der Waals surface area (Å²) in [4.78, 5) is 27.0. The first-order chi connectivity index (χ1) is 15.4. The van der Waals surface area contributed by atoms with Gasteiger partial charge in [-0.3, -0.25) is 9.69 Å². The van der Waals surface area contributed by atoms with Crippen LogP contribution in [-0.4, -0.2) is 48.3 Å². The fourth-order valence-electron chi connectivity index (χ4n) is 4.05. The van der Waals surface area contributed by atoms with Gasteiger partial charge in [0.05, 0.1) is 33.0 Å². The van der Waals surface area contributed by atoms with Crippen molar-refractivity contribution in [2.45, 2.75) is 25.2 Å². The molecule has 3 aromatic rings. The summed E-state index contributed by atoms with van der Waals surface area (Å²) < 4.78 is 10.8. The van der Waals surface area contributed by atoms with E-state index >= 15 is 0 Å². The summed E-state index contributed by atoms with van der Waals surface area (Å²) in [6, 6.07) is 20.3. The zero-order valence-corrected chi connectivity index (χ0v) is 18.1. The molecular formula is C25H26N2O5. The van der Waals surface area contributed by atoms with Crippen LogP contribution in [0.1, 0.15) is 18.1 Å². The largest absolute Gasteiger partial charge is 0.497 e. The van der Waals surface area contributed by atoms with Gasteiger partial charge in [0.25, 0.3) is 5.91 Å². The Bertz CT molecular complexity index is 1140. The quantitative estimate of drug-likeness (QED) is 0.532. The zero-order chi connectivity index (χ0) is 22.7. The van der Waals surface area contributed by atoms with Gasteiger partial charge in [0, 0.05) is 0 Å². The van der Waals surface area contributed by atoms with Gasteiger partial charge in [-0.25, -0.2) is 4.79 Å². The normalized spacial score (nSPS) is 19.3. The summed E-state index contributed by atoms with van der Waals surface area (Å²) in [6.07, 6.45) is -1.01. The predicted molar refractivity (Wildman–Crippen MR) is 120 cm³/mol. The van der Waals surface area contributed by atoms with E-state index in [-0.39, 0.29) is 19.8 Å². The number of aliphatic hydroxyl groups excluding tert-OH is 1. The summed E-state index contributed by atoms with van der Waals surface area (Å²) in [5.74, 6) is 0.324. The van der Waals surface area contributed by atoms with Crippen LogP contribution in [0.3, 0.4) is 0 Å². The molecular weight excluding hydrogens is 408 g/mol. The number of carbonyl (C=O) groups excluding carboxylic acids is 2. The number of carbonyl (C=O) groups is 2. The fourth-order valence-corrected chi connectivity index (χ4v) is 4.05. The predicted octanol–water partition coefficient (Wildman–Crippen LogP) is 3.19. The summed E-state index contributed by atoms with van der Waals surface area (Å²) in [7, 11) is 1.59. The molecule has 0 aromatic heterocycles. The van der Waals surface area contributed by atoms with Crippen LogP contribution < -0.4 is 10.1 Å². The molecule has 1 fully saturated rings. The average Bonchev–Trinajstić information content (AvgIpc) is 3.02. The number of nitrogens with one attached hydrogen (secondary N) is 1. The maximum atomic E-state index is 13.3. The van der Waals surface area contributed by atoms with Crippen molar-refractivity contribution in [1.29, 1.82) is 0 Å². The summed E-state index contributed by atoms with van der Waals surface area (Å²) in [5.41, 5.74) is 0.411. The molecule has 2 N–H and O–H groups in total. The van der Waals surface area contributed by atoms with Crippen molar-refractivity contribution in [2.75, 3.05) is 20.3 Å². The van der Waals surface area contributed by atoms with Crippen molar-refractivity contribution in [2.24, 2.45) is 0 Å². The third-order valence-electron chi connectivity index (χ3n) is 5.71. The Kier molecular flexibility index (Phi) is 6.12. The van der Waals surface area contributed by atoms with E-state index in [1.54, 1.807) is 14.0 Å². The Hall–Kier alpha value is -3.42. The number of benzene rings is 3. The van der Waals surface area contributed by atoms with Crippen molar-refractivity contribution in [1.82, 2.24) is 10.2 Å². The summed E-state index contributed by atoms with van der Waals surface area (Å²) >= 11 is 0. The maximum Gasteiger partial charge on any atom is 0.325 e. The third kappa shape index (κ3) is 4.17. The van der Waals surface area contributed by atoms with E-state index in [0.29, 0.717) is 0 Å². The Balaban J connectivity index is 1.42. The smallest absolute Gasteiger partial charge is 0.325 e. The van der Waals surface area contributed by atoms with E-state index < -0.39 is 23.6 Å². The molecule has 4 rings (SSSR count). The Labute approximate surface area is 186 Å². The molecule has 1 heterocycles. The lowest BCUT2D eigenvalue weighted by atomic mass is 9.88. The first-order valence-electron chi connectivity index (χ1n) is 10.4. The van der Waals surface area contributed by atoms with Crippen LogP contribution in [0, 0.1) is 0 Å². The topological polar surface area (TPSA) is 88.1 Å². The van der Waals surface area contributed by atoms with E-state index in [4.69, 9.17) is 9.47 Å². The molecule has 0 radical (unpaired) electrons. The third-order valence-corrected chi connectivity index (χ3v) is 5.71. The number of aliphatic hydroxyl groups is 1. The molecule has 7 nitrogen and oxygen atoms in total. The second-order valence-corrected chi connectivity index (χ2v) is 8.02. The van der Waals surface area contributed by atoms with Crippen LogP contribution in [-0.2, 0) is 21.7 Å². The molecule has 32 heavy (non-hydrogen) atoms. The van der Waals surface area contributed by atoms with Gasteiger partial charge >= 0.3 is 6.03 Å². The van der Waals surface area contributed by atoms with Crippen LogP contribution in [0.4, 0.5) is 4.79 Å². The van der Waals surface area contributed by atoms with Crippen molar-refractivity contribution >= 4 is 22.7 Å². The number of imide groups is 1. The molecule has 1 aliphatic rings. The second kappa shape index (κ2) is 8.98. The number of rotatable bonds is 8. The van der Waals surface area contributed by atoms with E-state index in [0.717, 1.165) is 32.5 Å². The number of ether oxygens (including phenoxy) is 2. The number of urea groups is 1. The van der Waals surface area contributed by atoms with Gasteiger partial charge in [0.1, 0.15) is 11.3 Å². The van der Waals surface area contributed by atoms with E-state index in [9.17, 15) is 14.7 Å². The number of hydrogen-bond acceptors (Lipinski definition) is 5. The van der Waals surface area contributed by atoms with Crippen molar-refractivity contribution in [3.8, 4) is 5.75 Å². The maximum absolute atomic E-state index is 13.3. The van der Waals surface area contributed by atoms with E-state index in [1.807, 2.05) is 66.7 Å². The molecule has 0 bridgehead atoms. The van der Waals surface area contributed by atoms with E-state index in [2.05, 4.69) is 5.32 Å². The van der Waals surface area contributed by atoms with Gasteiger partial charge in [-0.1, -0.05) is 54.6 Å². The van der Waals surface area contributed by atoms with E-state index in [1.165, 1.54) is 0 Å². The minimum absolute atomic E-state index is 0.0146. The standard InChI is InChI=1S/C25H26N2O5/c1-25(22-12-6-9-18-8-3-4-11-21(18)22)23(29)27(24(30)26-25)14-19(28)16-32-15-17-7-5-10-20(13-17)31-2/h3-13,19,28H,14-16H2,1-2H3,(H,26,30)/t19-,25-/m0/s1. The van der Waals surface area contributed by atoms with Crippen molar-refractivity contribution in [3.05, 3.63) is 77.9 Å². The lowest BCUT2D eigenvalue weighted by molar-refractivity contribution is -0.132. The van der Waals surface area contributed by atoms with Gasteiger partial charge in [0.15, 0.2) is 0 Å². The number of fused-ring (bicyclic) bond motifs is 1. The molecule has 3 aromatic carbocycles. The first-order valence-corrected chi connectivity index (χ1v) is 10.4. The van der Waals surface area contributed by atoms with Gasteiger partial charge in [-0.2, -0.15) is 0 Å². The Morgan fingerprint density at radius 3 is 2.62 bits per heavy atom. The van der Waals surface area contributed by atoms with Crippen molar-refractivity contribution in [3.63, 3.8) is 0 Å². The number of hydrogen-bond donors (Lipinski definition) is 2. The summed E-state index contributed by atoms with van der Waals surface area (Å²) in [5, 5.41) is 15.1. The minimum Gasteiger partial charge on any atom is -0.497 e. The first kappa shape index (κ1) is 21.8. The number of β-amino-alcohol motifs (C(OH)–C–C–N with tert-alkyl or cyclic N) is 1. The fraction of sp³-hybridized carbons (Fsp3) is 0.280. The highest BCUT2D eigenvalue weighted by Crippen LogP contribution is 2.33. The number of nitrogens with zero attached hydrogens (tertiary/aromatic N) is 1. The minimum atomic E-state index is -1.21.